The number of piperazine rings is 1. The normalized spacial score (nSPS) is 19.2. The van der Waals surface area contributed by atoms with Crippen molar-refractivity contribution < 1.29 is 9.53 Å². The summed E-state index contributed by atoms with van der Waals surface area (Å²) >= 11 is 6.34. The van der Waals surface area contributed by atoms with Crippen LogP contribution < -0.4 is 0 Å². The summed E-state index contributed by atoms with van der Waals surface area (Å²) in [4.78, 5) is 21.7. The van der Waals surface area contributed by atoms with Crippen LogP contribution in [0.2, 0.25) is 5.02 Å². The zero-order valence-corrected chi connectivity index (χ0v) is 19.4. The van der Waals surface area contributed by atoms with Crippen LogP contribution in [-0.4, -0.2) is 52.7 Å². The molecular weight excluding hydrogens is 410 g/mol. The maximum absolute atomic E-state index is 12.6. The van der Waals surface area contributed by atoms with Crippen molar-refractivity contribution in [3.63, 3.8) is 0 Å². The second-order valence-electron chi connectivity index (χ2n) is 8.94. The largest absolute Gasteiger partial charge is 0.443 e. The fourth-order valence-electron chi connectivity index (χ4n) is 4.25. The van der Waals surface area contributed by atoms with Crippen LogP contribution in [-0.2, 0) is 4.74 Å². The van der Waals surface area contributed by atoms with E-state index < -0.39 is 5.60 Å². The predicted octanol–water partition coefficient (Wildman–Crippen LogP) is 5.64. The quantitative estimate of drug-likeness (QED) is 0.620. The molecule has 4 rings (SSSR count). The van der Waals surface area contributed by atoms with Crippen LogP contribution in [0.25, 0.3) is 11.6 Å². The van der Waals surface area contributed by atoms with Crippen LogP contribution in [0.5, 0.6) is 0 Å². The van der Waals surface area contributed by atoms with Gasteiger partial charge in [0.05, 0.1) is 11.7 Å². The molecule has 2 aromatic rings. The number of carbonyl (C=O) groups is 1. The molecule has 0 bridgehead atoms. The molecule has 1 amide bonds. The van der Waals surface area contributed by atoms with Crippen LogP contribution in [0, 0.1) is 0 Å². The number of ether oxygens (including phenoxy) is 1. The molecule has 1 fully saturated rings. The number of aromatic nitrogens is 1. The van der Waals surface area contributed by atoms with Crippen LogP contribution in [0.4, 0.5) is 4.79 Å². The molecule has 1 atom stereocenters. The first-order chi connectivity index (χ1) is 14.8. The standard InChI is InChI=1S/C25H30ClN3O2/c1-5-25(3,4)31-24(30)29-13-11-28(12-14-29)23-20-9-8-19(26)16-21(20)17(2)15-18-7-6-10-27-22(18)23/h6-10,15-16,23H,5,11-14H2,1-4H3. The van der Waals surface area contributed by atoms with Crippen LogP contribution >= 0.6 is 11.6 Å². The van der Waals surface area contributed by atoms with Crippen LogP contribution in [0.1, 0.15) is 62.5 Å². The van der Waals surface area contributed by atoms with Gasteiger partial charge in [-0.05, 0) is 73.7 Å². The molecule has 1 aliphatic heterocycles. The topological polar surface area (TPSA) is 45.7 Å². The smallest absolute Gasteiger partial charge is 0.410 e. The van der Waals surface area contributed by atoms with Crippen molar-refractivity contribution in [2.24, 2.45) is 0 Å². The molecule has 5 nitrogen and oxygen atoms in total. The highest BCUT2D eigenvalue weighted by molar-refractivity contribution is 6.30. The Labute approximate surface area is 189 Å². The first-order valence-corrected chi connectivity index (χ1v) is 11.3. The SMILES string of the molecule is CCC(C)(C)OC(=O)N1CCN(C2c3ccc(Cl)cc3C(C)=Cc3cccnc32)CC1. The lowest BCUT2D eigenvalue weighted by Crippen LogP contribution is -2.51. The summed E-state index contributed by atoms with van der Waals surface area (Å²) in [6.07, 6.45) is 4.61. The second kappa shape index (κ2) is 8.64. The number of carbonyl (C=O) groups excluding carboxylic acids is 1. The van der Waals surface area contributed by atoms with Gasteiger partial charge in [0.25, 0.3) is 0 Å². The second-order valence-corrected chi connectivity index (χ2v) is 9.38. The molecule has 0 N–H and O–H groups in total. The van der Waals surface area contributed by atoms with E-state index in [-0.39, 0.29) is 12.1 Å². The minimum Gasteiger partial charge on any atom is -0.443 e. The molecule has 0 saturated carbocycles. The summed E-state index contributed by atoms with van der Waals surface area (Å²) in [5.41, 5.74) is 5.27. The third-order valence-electron chi connectivity index (χ3n) is 6.39. The van der Waals surface area contributed by atoms with Gasteiger partial charge in [0.2, 0.25) is 0 Å². The van der Waals surface area contributed by atoms with Crippen molar-refractivity contribution in [3.8, 4) is 0 Å². The Balaban J connectivity index is 1.61. The monoisotopic (exact) mass is 439 g/mol. The number of pyridine rings is 1. The molecule has 1 unspecified atom stereocenters. The minimum atomic E-state index is -0.445. The summed E-state index contributed by atoms with van der Waals surface area (Å²) in [7, 11) is 0. The Hall–Kier alpha value is -2.37. The Morgan fingerprint density at radius 2 is 1.97 bits per heavy atom. The molecule has 1 aromatic carbocycles. The third kappa shape index (κ3) is 4.48. The number of hydrogen-bond acceptors (Lipinski definition) is 4. The summed E-state index contributed by atoms with van der Waals surface area (Å²) in [5, 5.41) is 0.732. The number of nitrogens with zero attached hydrogens (tertiary/aromatic N) is 3. The summed E-state index contributed by atoms with van der Waals surface area (Å²) < 4.78 is 5.70. The molecule has 164 valence electrons. The van der Waals surface area contributed by atoms with E-state index in [4.69, 9.17) is 21.3 Å². The Morgan fingerprint density at radius 3 is 2.68 bits per heavy atom. The van der Waals surface area contributed by atoms with E-state index in [2.05, 4.69) is 30.0 Å². The van der Waals surface area contributed by atoms with Gasteiger partial charge < -0.3 is 9.64 Å². The molecule has 31 heavy (non-hydrogen) atoms. The molecule has 1 aliphatic carbocycles. The zero-order valence-electron chi connectivity index (χ0n) is 18.7. The van der Waals surface area contributed by atoms with Gasteiger partial charge in [-0.25, -0.2) is 4.79 Å². The Kier molecular flexibility index (Phi) is 6.09. The fourth-order valence-corrected chi connectivity index (χ4v) is 4.42. The first kappa shape index (κ1) is 21.8. The number of benzene rings is 1. The van der Waals surface area contributed by atoms with Gasteiger partial charge in [0, 0.05) is 37.4 Å². The van der Waals surface area contributed by atoms with Crippen molar-refractivity contribution in [1.82, 2.24) is 14.8 Å². The number of hydrogen-bond donors (Lipinski definition) is 0. The van der Waals surface area contributed by atoms with E-state index in [1.54, 1.807) is 0 Å². The maximum Gasteiger partial charge on any atom is 0.410 e. The Morgan fingerprint density at radius 1 is 1.23 bits per heavy atom. The number of halogens is 1. The van der Waals surface area contributed by atoms with E-state index >= 15 is 0 Å². The predicted molar refractivity (Wildman–Crippen MR) is 125 cm³/mol. The van der Waals surface area contributed by atoms with Crippen LogP contribution in [0.15, 0.2) is 36.5 Å². The maximum atomic E-state index is 12.6. The van der Waals surface area contributed by atoms with E-state index in [0.717, 1.165) is 41.4 Å². The van der Waals surface area contributed by atoms with Gasteiger partial charge in [-0.3, -0.25) is 9.88 Å². The molecule has 0 spiro atoms. The summed E-state index contributed by atoms with van der Waals surface area (Å²) in [5.74, 6) is 0. The molecule has 0 radical (unpaired) electrons. The van der Waals surface area contributed by atoms with Crippen LogP contribution in [0.3, 0.4) is 0 Å². The first-order valence-electron chi connectivity index (χ1n) is 10.9. The molecule has 2 aliphatic rings. The average molecular weight is 440 g/mol. The van der Waals surface area contributed by atoms with E-state index in [1.807, 2.05) is 50.1 Å². The molecule has 1 aromatic heterocycles. The van der Waals surface area contributed by atoms with Crippen molar-refractivity contribution in [2.75, 3.05) is 26.2 Å². The van der Waals surface area contributed by atoms with Gasteiger partial charge in [-0.15, -0.1) is 0 Å². The van der Waals surface area contributed by atoms with Gasteiger partial charge in [-0.1, -0.05) is 30.7 Å². The lowest BCUT2D eigenvalue weighted by Gasteiger charge is -2.40. The average Bonchev–Trinajstić information content (AvgIpc) is 2.87. The van der Waals surface area contributed by atoms with E-state index in [9.17, 15) is 4.79 Å². The van der Waals surface area contributed by atoms with Crippen molar-refractivity contribution >= 4 is 29.3 Å². The fraction of sp³-hybridized carbons (Fsp3) is 0.440. The van der Waals surface area contributed by atoms with Crippen molar-refractivity contribution in [3.05, 3.63) is 63.9 Å². The molecule has 6 heteroatoms. The minimum absolute atomic E-state index is 0.0161. The van der Waals surface area contributed by atoms with Gasteiger partial charge in [-0.2, -0.15) is 0 Å². The molecule has 1 saturated heterocycles. The highest BCUT2D eigenvalue weighted by Crippen LogP contribution is 2.40. The highest BCUT2D eigenvalue weighted by atomic mass is 35.5. The van der Waals surface area contributed by atoms with E-state index in [0.29, 0.717) is 13.1 Å². The van der Waals surface area contributed by atoms with Gasteiger partial charge in [0.15, 0.2) is 0 Å². The van der Waals surface area contributed by atoms with Crippen molar-refractivity contribution in [2.45, 2.75) is 45.8 Å². The highest BCUT2D eigenvalue weighted by Gasteiger charge is 2.34. The van der Waals surface area contributed by atoms with Crippen molar-refractivity contribution in [1.29, 1.82) is 0 Å². The number of rotatable bonds is 3. The molecular formula is C25H30ClN3O2. The summed E-state index contributed by atoms with van der Waals surface area (Å²) in [6, 6.07) is 10.2. The number of amides is 1. The van der Waals surface area contributed by atoms with Gasteiger partial charge >= 0.3 is 6.09 Å². The lowest BCUT2D eigenvalue weighted by atomic mass is 9.94. The Bertz CT molecular complexity index is 1010. The molecule has 2 heterocycles. The third-order valence-corrected chi connectivity index (χ3v) is 6.62. The van der Waals surface area contributed by atoms with E-state index in [1.165, 1.54) is 11.1 Å². The number of fused-ring (bicyclic) bond motifs is 2. The zero-order chi connectivity index (χ0) is 22.2. The number of allylic oxidation sites excluding steroid dienone is 1. The van der Waals surface area contributed by atoms with Gasteiger partial charge in [0.1, 0.15) is 5.60 Å². The lowest BCUT2D eigenvalue weighted by molar-refractivity contribution is 0.000443. The summed E-state index contributed by atoms with van der Waals surface area (Å²) in [6.45, 7) is 10.8.